The molecule has 1 nitrogen and oxygen atoms in total. The Morgan fingerprint density at radius 2 is 2.00 bits per heavy atom. The molecular formula is C2H6OPS+. The van der Waals surface area contributed by atoms with E-state index in [2.05, 4.69) is 0 Å². The van der Waals surface area contributed by atoms with E-state index >= 15 is 0 Å². The molecule has 3 heteroatoms. The molecule has 0 aliphatic heterocycles. The number of rotatable bonds is 1. The van der Waals surface area contributed by atoms with E-state index in [0.29, 0.717) is 0 Å². The lowest BCUT2D eigenvalue weighted by Crippen LogP contribution is -1.34. The SMILES string of the molecule is CS[P+](C)=O. The van der Waals surface area contributed by atoms with Gasteiger partial charge in [-0.1, -0.05) is 4.57 Å². The Morgan fingerprint density at radius 3 is 2.00 bits per heavy atom. The van der Waals surface area contributed by atoms with Gasteiger partial charge in [0.05, 0.1) is 0 Å². The van der Waals surface area contributed by atoms with Crippen LogP contribution < -0.4 is 0 Å². The van der Waals surface area contributed by atoms with Crippen LogP contribution in [0.25, 0.3) is 0 Å². The average molecular weight is 109 g/mol. The Morgan fingerprint density at radius 1 is 1.80 bits per heavy atom. The zero-order chi connectivity index (χ0) is 4.28. The highest BCUT2D eigenvalue weighted by molar-refractivity contribution is 8.51. The van der Waals surface area contributed by atoms with Crippen molar-refractivity contribution in [2.45, 2.75) is 0 Å². The van der Waals surface area contributed by atoms with Crippen LogP contribution in [0.3, 0.4) is 0 Å². The Hall–Kier alpha value is 0.450. The van der Waals surface area contributed by atoms with Crippen molar-refractivity contribution in [3.63, 3.8) is 0 Å². The van der Waals surface area contributed by atoms with E-state index in [1.54, 1.807) is 6.66 Å². The second-order valence-electron chi connectivity index (χ2n) is 0.622. The van der Waals surface area contributed by atoms with E-state index < -0.39 is 7.00 Å². The van der Waals surface area contributed by atoms with Gasteiger partial charge in [-0.25, -0.2) is 0 Å². The molecule has 0 amide bonds. The lowest BCUT2D eigenvalue weighted by molar-refractivity contribution is 0.599. The Labute approximate surface area is 36.7 Å². The monoisotopic (exact) mass is 109 g/mol. The minimum absolute atomic E-state index is 0.932. The van der Waals surface area contributed by atoms with E-state index in [-0.39, 0.29) is 0 Å². The molecule has 0 rings (SSSR count). The maximum atomic E-state index is 9.92. The van der Waals surface area contributed by atoms with E-state index in [4.69, 9.17) is 0 Å². The fourth-order valence-electron chi connectivity index (χ4n) is 0. The molecule has 30 valence electrons. The third kappa shape index (κ3) is 4.45. The van der Waals surface area contributed by atoms with Crippen LogP contribution in [0.1, 0.15) is 0 Å². The summed E-state index contributed by atoms with van der Waals surface area (Å²) in [6.45, 7) is 1.69. The first-order valence-electron chi connectivity index (χ1n) is 1.22. The predicted octanol–water partition coefficient (Wildman–Crippen LogP) is 1.72. The van der Waals surface area contributed by atoms with Gasteiger partial charge in [0.25, 0.3) is 0 Å². The van der Waals surface area contributed by atoms with E-state index in [0.717, 1.165) is 0 Å². The quantitative estimate of drug-likeness (QED) is 0.477. The second kappa shape index (κ2) is 2.67. The van der Waals surface area contributed by atoms with E-state index in [1.165, 1.54) is 11.4 Å². The summed E-state index contributed by atoms with van der Waals surface area (Å²) in [6.07, 6.45) is 1.83. The highest BCUT2D eigenvalue weighted by atomic mass is 32.7. The molecule has 0 aliphatic rings. The van der Waals surface area contributed by atoms with Crippen LogP contribution in [0.15, 0.2) is 0 Å². The first-order valence-corrected chi connectivity index (χ1v) is 4.76. The van der Waals surface area contributed by atoms with Crippen LogP contribution in [-0.2, 0) is 4.57 Å². The van der Waals surface area contributed by atoms with Crippen molar-refractivity contribution in [2.75, 3.05) is 12.9 Å². The summed E-state index contributed by atoms with van der Waals surface area (Å²) in [6, 6.07) is 0. The van der Waals surface area contributed by atoms with Crippen molar-refractivity contribution in [1.82, 2.24) is 0 Å². The van der Waals surface area contributed by atoms with Gasteiger partial charge in [-0.2, -0.15) is 0 Å². The topological polar surface area (TPSA) is 17.1 Å². The van der Waals surface area contributed by atoms with Crippen molar-refractivity contribution in [1.29, 1.82) is 0 Å². The summed E-state index contributed by atoms with van der Waals surface area (Å²) in [5.74, 6) is 0. The van der Waals surface area contributed by atoms with Crippen LogP contribution in [0, 0.1) is 0 Å². The molecule has 0 spiro atoms. The Balaban J connectivity index is 2.85. The minimum Gasteiger partial charge on any atom is -0.0600 e. The minimum atomic E-state index is -0.932. The van der Waals surface area contributed by atoms with Gasteiger partial charge in [-0.15, -0.1) is 0 Å². The van der Waals surface area contributed by atoms with Gasteiger partial charge in [0.15, 0.2) is 0 Å². The number of hydrogen-bond acceptors (Lipinski definition) is 2. The molecule has 0 aromatic rings. The summed E-state index contributed by atoms with van der Waals surface area (Å²) >= 11 is 1.39. The van der Waals surface area contributed by atoms with Crippen LogP contribution in [0.4, 0.5) is 0 Å². The van der Waals surface area contributed by atoms with Crippen molar-refractivity contribution in [3.8, 4) is 0 Å². The summed E-state index contributed by atoms with van der Waals surface area (Å²) in [4.78, 5) is 0. The van der Waals surface area contributed by atoms with E-state index in [1.807, 2.05) is 6.26 Å². The van der Waals surface area contributed by atoms with Gasteiger partial charge in [0, 0.05) is 6.26 Å². The molecule has 0 radical (unpaired) electrons. The molecule has 0 aromatic carbocycles. The first kappa shape index (κ1) is 5.45. The largest absolute Gasteiger partial charge is 0.406 e. The summed E-state index contributed by atoms with van der Waals surface area (Å²) in [5.41, 5.74) is 0. The molecule has 5 heavy (non-hydrogen) atoms. The molecule has 0 aliphatic carbocycles. The summed E-state index contributed by atoms with van der Waals surface area (Å²) in [5, 5.41) is 0. The van der Waals surface area contributed by atoms with Crippen LogP contribution in [0.5, 0.6) is 0 Å². The molecule has 0 heterocycles. The maximum Gasteiger partial charge on any atom is 0.406 e. The third-order valence-corrected chi connectivity index (χ3v) is 2.31. The fraction of sp³-hybridized carbons (Fsp3) is 1.00. The van der Waals surface area contributed by atoms with Crippen LogP contribution in [-0.4, -0.2) is 12.9 Å². The Bertz CT molecular complexity index is 44.9. The zero-order valence-corrected chi connectivity index (χ0v) is 4.97. The molecule has 1 atom stereocenters. The zero-order valence-electron chi connectivity index (χ0n) is 3.26. The normalized spacial score (nSPS) is 11.2. The average Bonchev–Trinajstić information content (AvgIpc) is 1.38. The van der Waals surface area contributed by atoms with E-state index in [9.17, 15) is 4.57 Å². The summed E-state index contributed by atoms with van der Waals surface area (Å²) < 4.78 is 9.92. The highest BCUT2D eigenvalue weighted by Crippen LogP contribution is 2.28. The predicted molar refractivity (Wildman–Crippen MR) is 27.0 cm³/mol. The van der Waals surface area contributed by atoms with Gasteiger partial charge in [-0.3, -0.25) is 0 Å². The highest BCUT2D eigenvalue weighted by Gasteiger charge is 1.96. The number of hydrogen-bond donors (Lipinski definition) is 0. The molecule has 1 unspecified atom stereocenters. The molecule has 0 N–H and O–H groups in total. The smallest absolute Gasteiger partial charge is 0.0600 e. The molecule has 0 saturated heterocycles. The van der Waals surface area contributed by atoms with Crippen molar-refractivity contribution in [3.05, 3.63) is 0 Å². The molecule has 0 aromatic heterocycles. The van der Waals surface area contributed by atoms with Gasteiger partial charge >= 0.3 is 7.00 Å². The fourth-order valence-corrected chi connectivity index (χ4v) is 0. The van der Waals surface area contributed by atoms with Crippen LogP contribution >= 0.6 is 18.4 Å². The van der Waals surface area contributed by atoms with Gasteiger partial charge in [0.2, 0.25) is 0 Å². The standard InChI is InChI=1S/C2H6OPS/c1-4(3)5-2/h1-2H3/q+1. The van der Waals surface area contributed by atoms with Gasteiger partial charge < -0.3 is 0 Å². The van der Waals surface area contributed by atoms with Crippen molar-refractivity contribution >= 4 is 18.4 Å². The molecule has 0 fully saturated rings. The van der Waals surface area contributed by atoms with Crippen LogP contribution in [0.2, 0.25) is 0 Å². The van der Waals surface area contributed by atoms with Gasteiger partial charge in [-0.05, 0) is 0 Å². The maximum absolute atomic E-state index is 9.92. The van der Waals surface area contributed by atoms with Crippen molar-refractivity contribution in [2.24, 2.45) is 0 Å². The molecule has 0 saturated carbocycles. The second-order valence-corrected chi connectivity index (χ2v) is 4.50. The lowest BCUT2D eigenvalue weighted by Gasteiger charge is -1.53. The first-order chi connectivity index (χ1) is 2.27. The lowest BCUT2D eigenvalue weighted by atomic mass is 12.0. The summed E-state index contributed by atoms with van der Waals surface area (Å²) in [7, 11) is -0.932. The van der Waals surface area contributed by atoms with Gasteiger partial charge in [0.1, 0.15) is 18.0 Å². The molecular weight excluding hydrogens is 103 g/mol. The Kier molecular flexibility index (Phi) is 2.92. The van der Waals surface area contributed by atoms with Crippen molar-refractivity contribution < 1.29 is 4.57 Å². The molecule has 0 bridgehead atoms. The third-order valence-electron chi connectivity index (χ3n) is 0.257.